The molecule has 0 spiro atoms. The van der Waals surface area contributed by atoms with Gasteiger partial charge in [0.15, 0.2) is 0 Å². The minimum absolute atomic E-state index is 0.251. The molecule has 0 aliphatic carbocycles. The number of likely N-dealkylation sites (tertiary alicyclic amines) is 2. The first-order valence-electron chi connectivity index (χ1n) is 11.7. The van der Waals surface area contributed by atoms with Gasteiger partial charge in [0.05, 0.1) is 0 Å². The molecule has 4 rings (SSSR count). The van der Waals surface area contributed by atoms with Crippen molar-refractivity contribution in [3.63, 3.8) is 0 Å². The van der Waals surface area contributed by atoms with Crippen LogP contribution in [0, 0.1) is 0 Å². The first kappa shape index (κ1) is 23.4. The number of benzene rings is 2. The van der Waals surface area contributed by atoms with Crippen LogP contribution in [0.25, 0.3) is 0 Å². The van der Waals surface area contributed by atoms with Crippen LogP contribution in [0.4, 0.5) is 0 Å². The van der Waals surface area contributed by atoms with Gasteiger partial charge in [-0.2, -0.15) is 0 Å². The Bertz CT molecular complexity index is 848. The Morgan fingerprint density at radius 1 is 0.875 bits per heavy atom. The molecule has 0 atom stereocenters. The average Bonchev–Trinajstić information content (AvgIpc) is 3.33. The summed E-state index contributed by atoms with van der Waals surface area (Å²) in [6.45, 7) is 7.63. The van der Waals surface area contributed by atoms with Gasteiger partial charge in [0.2, 0.25) is 0 Å². The number of rotatable bonds is 10. The normalized spacial score (nSPS) is 19.2. The predicted molar refractivity (Wildman–Crippen MR) is 129 cm³/mol. The fourth-order valence-corrected chi connectivity index (χ4v) is 4.77. The van der Waals surface area contributed by atoms with E-state index in [1.165, 1.54) is 31.5 Å². The van der Waals surface area contributed by atoms with Gasteiger partial charge in [-0.3, -0.25) is 9.80 Å². The highest BCUT2D eigenvalue weighted by Gasteiger charge is 2.35. The van der Waals surface area contributed by atoms with Gasteiger partial charge in [0.25, 0.3) is 0 Å². The topological polar surface area (TPSA) is 34.2 Å². The van der Waals surface area contributed by atoms with E-state index in [-0.39, 0.29) is 5.60 Å². The Morgan fingerprint density at radius 2 is 1.59 bits per heavy atom. The van der Waals surface area contributed by atoms with Crippen LogP contribution in [-0.4, -0.2) is 68.4 Å². The summed E-state index contributed by atoms with van der Waals surface area (Å²) in [5.41, 5.74) is 1.04. The fraction of sp³-hybridized carbons (Fsp3) is 0.538. The second-order valence-electron chi connectivity index (χ2n) is 8.95. The molecular weight excluding hydrogens is 424 g/mol. The smallest absolute Gasteiger partial charge is 0.120 e. The number of halogens is 1. The molecule has 0 N–H and O–H groups in total. The van der Waals surface area contributed by atoms with E-state index < -0.39 is 0 Å². The van der Waals surface area contributed by atoms with Crippen LogP contribution < -0.4 is 9.47 Å². The molecular formula is C26H35ClN2O3. The summed E-state index contributed by atoms with van der Waals surface area (Å²) in [6.07, 6.45) is 4.52. The van der Waals surface area contributed by atoms with E-state index >= 15 is 0 Å². The Balaban J connectivity index is 1.23. The van der Waals surface area contributed by atoms with Gasteiger partial charge in [-0.05, 0) is 74.7 Å². The van der Waals surface area contributed by atoms with E-state index in [1.54, 1.807) is 7.11 Å². The largest absolute Gasteiger partial charge is 0.492 e. The maximum Gasteiger partial charge on any atom is 0.120 e. The van der Waals surface area contributed by atoms with Crippen molar-refractivity contribution < 1.29 is 14.2 Å². The van der Waals surface area contributed by atoms with Gasteiger partial charge in [-0.15, -0.1) is 0 Å². The third kappa shape index (κ3) is 6.61. The van der Waals surface area contributed by atoms with Crippen molar-refractivity contribution in [1.29, 1.82) is 0 Å². The van der Waals surface area contributed by atoms with Crippen molar-refractivity contribution in [1.82, 2.24) is 9.80 Å². The number of piperidine rings is 1. The standard InChI is InChI=1S/C26H35ClN2O3/c1-30-26(21-32-25-9-5-7-23(27)19-25)10-14-29(15-11-26)20-22-6-4-8-24(18-22)31-17-16-28-12-2-3-13-28/h4-9,18-19H,2-3,10-17,20-21H2,1H3. The molecule has 32 heavy (non-hydrogen) atoms. The summed E-state index contributed by atoms with van der Waals surface area (Å²) in [5.74, 6) is 1.76. The van der Waals surface area contributed by atoms with Crippen molar-refractivity contribution in [3.05, 3.63) is 59.1 Å². The average molecular weight is 459 g/mol. The maximum absolute atomic E-state index is 6.07. The summed E-state index contributed by atoms with van der Waals surface area (Å²) in [6, 6.07) is 16.1. The van der Waals surface area contributed by atoms with Gasteiger partial charge in [0.1, 0.15) is 30.3 Å². The lowest BCUT2D eigenvalue weighted by Gasteiger charge is -2.40. The molecule has 0 aromatic heterocycles. The van der Waals surface area contributed by atoms with E-state index in [9.17, 15) is 0 Å². The summed E-state index contributed by atoms with van der Waals surface area (Å²) >= 11 is 6.07. The third-order valence-electron chi connectivity index (χ3n) is 6.68. The van der Waals surface area contributed by atoms with E-state index in [0.717, 1.165) is 57.1 Å². The van der Waals surface area contributed by atoms with Crippen LogP contribution >= 0.6 is 11.6 Å². The molecule has 2 heterocycles. The van der Waals surface area contributed by atoms with Crippen LogP contribution in [0.2, 0.25) is 5.02 Å². The number of hydrogen-bond acceptors (Lipinski definition) is 5. The van der Waals surface area contributed by atoms with Gasteiger partial charge in [0, 0.05) is 38.3 Å². The molecule has 0 unspecified atom stereocenters. The molecule has 0 radical (unpaired) electrons. The van der Waals surface area contributed by atoms with Gasteiger partial charge >= 0.3 is 0 Å². The number of ether oxygens (including phenoxy) is 3. The van der Waals surface area contributed by atoms with Crippen LogP contribution in [-0.2, 0) is 11.3 Å². The molecule has 2 saturated heterocycles. The maximum atomic E-state index is 6.07. The second kappa shape index (κ2) is 11.4. The highest BCUT2D eigenvalue weighted by Crippen LogP contribution is 2.29. The van der Waals surface area contributed by atoms with E-state index in [0.29, 0.717) is 11.6 Å². The van der Waals surface area contributed by atoms with Crippen LogP contribution in [0.3, 0.4) is 0 Å². The first-order chi connectivity index (χ1) is 15.6. The third-order valence-corrected chi connectivity index (χ3v) is 6.91. The molecule has 0 saturated carbocycles. The Labute approximate surface area is 197 Å². The zero-order valence-corrected chi connectivity index (χ0v) is 19.9. The van der Waals surface area contributed by atoms with E-state index in [2.05, 4.69) is 34.1 Å². The highest BCUT2D eigenvalue weighted by atomic mass is 35.5. The minimum Gasteiger partial charge on any atom is -0.492 e. The van der Waals surface area contributed by atoms with E-state index in [1.807, 2.05) is 24.3 Å². The first-order valence-corrected chi connectivity index (χ1v) is 12.1. The van der Waals surface area contributed by atoms with Crippen LogP contribution in [0.15, 0.2) is 48.5 Å². The lowest BCUT2D eigenvalue weighted by Crippen LogP contribution is -2.48. The van der Waals surface area contributed by atoms with Gasteiger partial charge < -0.3 is 14.2 Å². The van der Waals surface area contributed by atoms with Crippen molar-refractivity contribution in [2.75, 3.05) is 53.0 Å². The Kier molecular flexibility index (Phi) is 8.31. The molecule has 2 aliphatic heterocycles. The van der Waals surface area contributed by atoms with Crippen molar-refractivity contribution in [3.8, 4) is 11.5 Å². The van der Waals surface area contributed by atoms with Crippen LogP contribution in [0.1, 0.15) is 31.2 Å². The molecule has 174 valence electrons. The monoisotopic (exact) mass is 458 g/mol. The molecule has 0 bridgehead atoms. The fourth-order valence-electron chi connectivity index (χ4n) is 4.59. The summed E-state index contributed by atoms with van der Waals surface area (Å²) in [7, 11) is 1.79. The van der Waals surface area contributed by atoms with Gasteiger partial charge in [-0.1, -0.05) is 29.8 Å². The molecule has 5 nitrogen and oxygen atoms in total. The Hall–Kier alpha value is -1.79. The minimum atomic E-state index is -0.251. The number of methoxy groups -OCH3 is 1. The molecule has 2 aliphatic rings. The molecule has 6 heteroatoms. The van der Waals surface area contributed by atoms with Crippen molar-refractivity contribution >= 4 is 11.6 Å². The zero-order chi connectivity index (χ0) is 22.2. The number of nitrogens with zero attached hydrogens (tertiary/aromatic N) is 2. The van der Waals surface area contributed by atoms with Crippen molar-refractivity contribution in [2.45, 2.75) is 37.8 Å². The molecule has 2 fully saturated rings. The summed E-state index contributed by atoms with van der Waals surface area (Å²) in [4.78, 5) is 4.97. The summed E-state index contributed by atoms with van der Waals surface area (Å²) in [5, 5.41) is 0.686. The van der Waals surface area contributed by atoms with Gasteiger partial charge in [-0.25, -0.2) is 0 Å². The SMILES string of the molecule is COC1(COc2cccc(Cl)c2)CCN(Cc2cccc(OCCN3CCCC3)c2)CC1. The highest BCUT2D eigenvalue weighted by molar-refractivity contribution is 6.30. The Morgan fingerprint density at radius 3 is 2.31 bits per heavy atom. The summed E-state index contributed by atoms with van der Waals surface area (Å²) < 4.78 is 18.0. The van der Waals surface area contributed by atoms with Crippen molar-refractivity contribution in [2.24, 2.45) is 0 Å². The lowest BCUT2D eigenvalue weighted by atomic mass is 9.91. The molecule has 2 aromatic carbocycles. The lowest BCUT2D eigenvalue weighted by molar-refractivity contribution is -0.0839. The number of hydrogen-bond donors (Lipinski definition) is 0. The van der Waals surface area contributed by atoms with Crippen LogP contribution in [0.5, 0.6) is 11.5 Å². The zero-order valence-electron chi connectivity index (χ0n) is 19.1. The molecule has 0 amide bonds. The molecule has 2 aromatic rings. The second-order valence-corrected chi connectivity index (χ2v) is 9.39. The quantitative estimate of drug-likeness (QED) is 0.507. The van der Waals surface area contributed by atoms with E-state index in [4.69, 9.17) is 25.8 Å². The predicted octanol–water partition coefficient (Wildman–Crippen LogP) is 4.87.